The van der Waals surface area contributed by atoms with Gasteiger partial charge < -0.3 is 19.7 Å². The minimum Gasteiger partial charge on any atom is -0.467 e. The SMILES string of the molecule is COC(=O)[C@H](Cc1ccccc1)N(C)C(=O)[C@H](Cc1ccccc1)NC(=O)OC(C)(C)C. The highest BCUT2D eigenvalue weighted by Crippen LogP contribution is 2.14. The molecule has 0 spiro atoms. The summed E-state index contributed by atoms with van der Waals surface area (Å²) in [4.78, 5) is 39.8. The van der Waals surface area contributed by atoms with E-state index in [0.29, 0.717) is 6.42 Å². The van der Waals surface area contributed by atoms with Gasteiger partial charge in [0.05, 0.1) is 7.11 Å². The van der Waals surface area contributed by atoms with Crippen LogP contribution in [0.25, 0.3) is 0 Å². The van der Waals surface area contributed by atoms with Crippen molar-refractivity contribution in [1.82, 2.24) is 10.2 Å². The van der Waals surface area contributed by atoms with Gasteiger partial charge in [-0.3, -0.25) is 4.79 Å². The summed E-state index contributed by atoms with van der Waals surface area (Å²) in [6, 6.07) is 17.0. The average molecular weight is 441 g/mol. The van der Waals surface area contributed by atoms with E-state index in [0.717, 1.165) is 11.1 Å². The lowest BCUT2D eigenvalue weighted by Crippen LogP contribution is -2.54. The van der Waals surface area contributed by atoms with Crippen molar-refractivity contribution in [2.75, 3.05) is 14.2 Å². The van der Waals surface area contributed by atoms with Crippen molar-refractivity contribution in [1.29, 1.82) is 0 Å². The van der Waals surface area contributed by atoms with Crippen LogP contribution in [-0.4, -0.2) is 54.7 Å². The van der Waals surface area contributed by atoms with E-state index in [1.54, 1.807) is 27.8 Å². The molecular formula is C25H32N2O5. The summed E-state index contributed by atoms with van der Waals surface area (Å²) in [5.41, 5.74) is 1.05. The molecule has 0 heterocycles. The van der Waals surface area contributed by atoms with Crippen molar-refractivity contribution in [3.05, 3.63) is 71.8 Å². The molecule has 0 saturated carbocycles. The van der Waals surface area contributed by atoms with E-state index in [4.69, 9.17) is 9.47 Å². The number of esters is 1. The van der Waals surface area contributed by atoms with Crippen LogP contribution in [-0.2, 0) is 31.9 Å². The summed E-state index contributed by atoms with van der Waals surface area (Å²) >= 11 is 0. The van der Waals surface area contributed by atoms with Crippen LogP contribution >= 0.6 is 0 Å². The Bertz CT molecular complexity index is 894. The molecule has 7 heteroatoms. The Balaban J connectivity index is 2.27. The van der Waals surface area contributed by atoms with Crippen molar-refractivity contribution < 1.29 is 23.9 Å². The number of rotatable bonds is 8. The van der Waals surface area contributed by atoms with Crippen LogP contribution in [0.5, 0.6) is 0 Å². The zero-order valence-corrected chi connectivity index (χ0v) is 19.3. The Morgan fingerprint density at radius 3 is 1.88 bits per heavy atom. The number of ether oxygens (including phenoxy) is 2. The zero-order valence-electron chi connectivity index (χ0n) is 19.3. The van der Waals surface area contributed by atoms with Gasteiger partial charge in [0.15, 0.2) is 0 Å². The lowest BCUT2D eigenvalue weighted by atomic mass is 10.0. The molecule has 2 rings (SSSR count). The maximum absolute atomic E-state index is 13.4. The maximum Gasteiger partial charge on any atom is 0.408 e. The van der Waals surface area contributed by atoms with Gasteiger partial charge in [-0.05, 0) is 31.9 Å². The van der Waals surface area contributed by atoms with Crippen molar-refractivity contribution in [2.24, 2.45) is 0 Å². The number of amides is 2. The largest absolute Gasteiger partial charge is 0.467 e. The van der Waals surface area contributed by atoms with E-state index in [1.807, 2.05) is 60.7 Å². The first-order chi connectivity index (χ1) is 15.1. The molecular weight excluding hydrogens is 408 g/mol. The molecule has 2 atom stereocenters. The number of nitrogens with zero attached hydrogens (tertiary/aromatic N) is 1. The number of hydrogen-bond acceptors (Lipinski definition) is 5. The lowest BCUT2D eigenvalue weighted by Gasteiger charge is -2.30. The molecule has 0 radical (unpaired) electrons. The molecule has 0 bridgehead atoms. The van der Waals surface area contributed by atoms with Gasteiger partial charge in [-0.25, -0.2) is 9.59 Å². The fraction of sp³-hybridized carbons (Fsp3) is 0.400. The van der Waals surface area contributed by atoms with Crippen molar-refractivity contribution in [3.63, 3.8) is 0 Å². The minimum absolute atomic E-state index is 0.252. The Hall–Kier alpha value is -3.35. The molecule has 2 aromatic carbocycles. The fourth-order valence-electron chi connectivity index (χ4n) is 3.25. The molecule has 2 aromatic rings. The first-order valence-corrected chi connectivity index (χ1v) is 10.5. The molecule has 0 aliphatic rings. The number of carbonyl (C=O) groups excluding carboxylic acids is 3. The summed E-state index contributed by atoms with van der Waals surface area (Å²) in [6.07, 6.45) is -0.152. The summed E-state index contributed by atoms with van der Waals surface area (Å²) in [6.45, 7) is 5.25. The second kappa shape index (κ2) is 11.3. The summed E-state index contributed by atoms with van der Waals surface area (Å²) in [5, 5.41) is 2.67. The number of nitrogens with one attached hydrogen (secondary N) is 1. The topological polar surface area (TPSA) is 84.9 Å². The van der Waals surface area contributed by atoms with E-state index in [9.17, 15) is 14.4 Å². The van der Waals surface area contributed by atoms with E-state index >= 15 is 0 Å². The van der Waals surface area contributed by atoms with Crippen molar-refractivity contribution >= 4 is 18.0 Å². The van der Waals surface area contributed by atoms with Crippen LogP contribution in [0.15, 0.2) is 60.7 Å². The monoisotopic (exact) mass is 440 g/mol. The highest BCUT2D eigenvalue weighted by atomic mass is 16.6. The third-order valence-electron chi connectivity index (χ3n) is 4.83. The molecule has 0 aromatic heterocycles. The molecule has 0 aliphatic carbocycles. The van der Waals surface area contributed by atoms with Crippen molar-refractivity contribution in [2.45, 2.75) is 51.3 Å². The van der Waals surface area contributed by atoms with Crippen LogP contribution in [0, 0.1) is 0 Å². The second-order valence-corrected chi connectivity index (χ2v) is 8.57. The number of carbonyl (C=O) groups is 3. The van der Waals surface area contributed by atoms with Gasteiger partial charge in [-0.15, -0.1) is 0 Å². The quantitative estimate of drug-likeness (QED) is 0.636. The Kier molecular flexibility index (Phi) is 8.81. The molecule has 0 aliphatic heterocycles. The number of hydrogen-bond donors (Lipinski definition) is 1. The fourth-order valence-corrected chi connectivity index (χ4v) is 3.25. The number of methoxy groups -OCH3 is 1. The standard InChI is InChI=1S/C25H32N2O5/c1-25(2,3)32-24(30)26-20(16-18-12-8-6-9-13-18)22(28)27(4)21(23(29)31-5)17-19-14-10-7-11-15-19/h6-15,20-21H,16-17H2,1-5H3,(H,26,30)/t20-,21-/m0/s1. The normalized spacial score (nSPS) is 12.9. The van der Waals surface area contributed by atoms with Crippen LogP contribution < -0.4 is 5.32 Å². The van der Waals surface area contributed by atoms with E-state index < -0.39 is 35.7 Å². The molecule has 7 nitrogen and oxygen atoms in total. The summed E-state index contributed by atoms with van der Waals surface area (Å²) < 4.78 is 10.3. The van der Waals surface area contributed by atoms with Gasteiger partial charge in [-0.2, -0.15) is 0 Å². The van der Waals surface area contributed by atoms with Gasteiger partial charge in [0.1, 0.15) is 17.7 Å². The number of alkyl carbamates (subject to hydrolysis) is 1. The Morgan fingerprint density at radius 2 is 1.41 bits per heavy atom. The second-order valence-electron chi connectivity index (χ2n) is 8.57. The molecule has 32 heavy (non-hydrogen) atoms. The average Bonchev–Trinajstić information content (AvgIpc) is 2.75. The molecule has 172 valence electrons. The third-order valence-corrected chi connectivity index (χ3v) is 4.83. The molecule has 0 unspecified atom stereocenters. The molecule has 2 amide bonds. The van der Waals surface area contributed by atoms with Gasteiger partial charge in [-0.1, -0.05) is 60.7 Å². The van der Waals surface area contributed by atoms with E-state index in [2.05, 4.69) is 5.32 Å². The number of likely N-dealkylation sites (N-methyl/N-ethyl adjacent to an activating group) is 1. The van der Waals surface area contributed by atoms with Crippen LogP contribution in [0.3, 0.4) is 0 Å². The molecule has 0 fully saturated rings. The maximum atomic E-state index is 13.4. The minimum atomic E-state index is -0.917. The predicted molar refractivity (Wildman–Crippen MR) is 122 cm³/mol. The van der Waals surface area contributed by atoms with Crippen LogP contribution in [0.1, 0.15) is 31.9 Å². The zero-order chi connectivity index (χ0) is 23.7. The lowest BCUT2D eigenvalue weighted by molar-refractivity contribution is -0.152. The Labute approximate surface area is 189 Å². The van der Waals surface area contributed by atoms with E-state index in [-0.39, 0.29) is 6.42 Å². The smallest absolute Gasteiger partial charge is 0.408 e. The van der Waals surface area contributed by atoms with Gasteiger partial charge >= 0.3 is 12.1 Å². The molecule has 1 N–H and O–H groups in total. The highest BCUT2D eigenvalue weighted by Gasteiger charge is 2.33. The van der Waals surface area contributed by atoms with Gasteiger partial charge in [0.2, 0.25) is 5.91 Å². The van der Waals surface area contributed by atoms with Crippen molar-refractivity contribution in [3.8, 4) is 0 Å². The predicted octanol–water partition coefficient (Wildman–Crippen LogP) is 3.37. The first kappa shape index (κ1) is 24.9. The highest BCUT2D eigenvalue weighted by molar-refractivity contribution is 5.90. The van der Waals surface area contributed by atoms with Crippen LogP contribution in [0.4, 0.5) is 4.79 Å². The first-order valence-electron chi connectivity index (χ1n) is 10.5. The summed E-state index contributed by atoms with van der Waals surface area (Å²) in [7, 11) is 2.83. The van der Waals surface area contributed by atoms with Gasteiger partial charge in [0, 0.05) is 19.9 Å². The molecule has 0 saturated heterocycles. The van der Waals surface area contributed by atoms with Gasteiger partial charge in [0.25, 0.3) is 0 Å². The van der Waals surface area contributed by atoms with Crippen LogP contribution in [0.2, 0.25) is 0 Å². The van der Waals surface area contributed by atoms with E-state index in [1.165, 1.54) is 12.0 Å². The summed E-state index contributed by atoms with van der Waals surface area (Å²) in [5.74, 6) is -0.938. The number of benzene rings is 2. The Morgan fingerprint density at radius 1 is 0.906 bits per heavy atom. The third kappa shape index (κ3) is 7.72.